The van der Waals surface area contributed by atoms with Gasteiger partial charge in [0.05, 0.1) is 24.7 Å². The van der Waals surface area contributed by atoms with Gasteiger partial charge in [-0.05, 0) is 13.0 Å². The molecule has 1 aliphatic heterocycles. The highest BCUT2D eigenvalue weighted by atomic mass is 16.6. The normalized spacial score (nSPS) is 16.6. The van der Waals surface area contributed by atoms with E-state index in [1.165, 1.54) is 13.2 Å². The lowest BCUT2D eigenvalue weighted by molar-refractivity contribution is -0.384. The molecule has 116 valence electrons. The van der Waals surface area contributed by atoms with Crippen LogP contribution in [0.5, 0.6) is 5.75 Å². The molecule has 0 aromatic heterocycles. The molecule has 1 heterocycles. The van der Waals surface area contributed by atoms with Crippen LogP contribution in [0.2, 0.25) is 0 Å². The van der Waals surface area contributed by atoms with Gasteiger partial charge >= 0.3 is 0 Å². The minimum absolute atomic E-state index is 0.0424. The van der Waals surface area contributed by atoms with Crippen LogP contribution < -0.4 is 9.64 Å². The van der Waals surface area contributed by atoms with Crippen molar-refractivity contribution in [1.29, 1.82) is 0 Å². The molecule has 1 aromatic rings. The lowest BCUT2D eigenvalue weighted by Gasteiger charge is -2.23. The molecular weight excluding hydrogens is 274 g/mol. The molecule has 21 heavy (non-hydrogen) atoms. The van der Waals surface area contributed by atoms with E-state index in [1.807, 2.05) is 6.07 Å². The number of nitrogens with zero attached hydrogens (tertiary/aromatic N) is 3. The van der Waals surface area contributed by atoms with Gasteiger partial charge in [0, 0.05) is 44.0 Å². The Morgan fingerprint density at radius 2 is 2.10 bits per heavy atom. The molecule has 0 unspecified atom stereocenters. The third kappa shape index (κ3) is 4.05. The van der Waals surface area contributed by atoms with E-state index >= 15 is 0 Å². The van der Waals surface area contributed by atoms with Crippen molar-refractivity contribution in [2.75, 3.05) is 51.3 Å². The maximum absolute atomic E-state index is 11.0. The van der Waals surface area contributed by atoms with Crippen LogP contribution in [0.4, 0.5) is 11.4 Å². The number of hydrogen-bond donors (Lipinski definition) is 1. The first-order valence-electron chi connectivity index (χ1n) is 7.05. The summed E-state index contributed by atoms with van der Waals surface area (Å²) in [5, 5.41) is 20.0. The van der Waals surface area contributed by atoms with Gasteiger partial charge in [-0.25, -0.2) is 0 Å². The van der Waals surface area contributed by atoms with Gasteiger partial charge in [-0.15, -0.1) is 0 Å². The molecule has 7 heteroatoms. The van der Waals surface area contributed by atoms with Crippen LogP contribution in [-0.4, -0.2) is 61.4 Å². The zero-order chi connectivity index (χ0) is 15.2. The van der Waals surface area contributed by atoms with Crippen molar-refractivity contribution in [2.45, 2.75) is 6.42 Å². The Hall–Kier alpha value is -1.86. The first kappa shape index (κ1) is 15.5. The van der Waals surface area contributed by atoms with Crippen LogP contribution in [-0.2, 0) is 0 Å². The SMILES string of the molecule is COc1cc(N2CCCN(CCO)CC2)cc([N+](=O)[O-])c1. The Morgan fingerprint density at radius 3 is 2.76 bits per heavy atom. The van der Waals surface area contributed by atoms with Crippen molar-refractivity contribution < 1.29 is 14.8 Å². The summed E-state index contributed by atoms with van der Waals surface area (Å²) >= 11 is 0. The number of hydrogen-bond acceptors (Lipinski definition) is 6. The number of nitro groups is 1. The van der Waals surface area contributed by atoms with Gasteiger partial charge in [0.25, 0.3) is 5.69 Å². The maximum Gasteiger partial charge on any atom is 0.275 e. The summed E-state index contributed by atoms with van der Waals surface area (Å²) in [7, 11) is 1.51. The number of benzene rings is 1. The molecule has 0 saturated carbocycles. The highest BCUT2D eigenvalue weighted by Gasteiger charge is 2.18. The molecule has 0 bridgehead atoms. The van der Waals surface area contributed by atoms with Gasteiger partial charge in [-0.2, -0.15) is 0 Å². The summed E-state index contributed by atoms with van der Waals surface area (Å²) in [4.78, 5) is 14.9. The van der Waals surface area contributed by atoms with E-state index in [0.29, 0.717) is 12.3 Å². The van der Waals surface area contributed by atoms with E-state index in [-0.39, 0.29) is 12.3 Å². The second-order valence-corrected chi connectivity index (χ2v) is 5.05. The first-order valence-corrected chi connectivity index (χ1v) is 7.05. The summed E-state index contributed by atoms with van der Waals surface area (Å²) in [5.74, 6) is 0.496. The molecule has 0 radical (unpaired) electrons. The number of aliphatic hydroxyl groups excluding tert-OH is 1. The maximum atomic E-state index is 11.0. The van der Waals surface area contributed by atoms with E-state index in [9.17, 15) is 10.1 Å². The number of nitro benzene ring substituents is 1. The molecule has 1 saturated heterocycles. The van der Waals surface area contributed by atoms with Crippen molar-refractivity contribution in [2.24, 2.45) is 0 Å². The Morgan fingerprint density at radius 1 is 1.29 bits per heavy atom. The van der Waals surface area contributed by atoms with Gasteiger partial charge in [0.1, 0.15) is 5.75 Å². The third-order valence-electron chi connectivity index (χ3n) is 3.69. The standard InChI is InChI=1S/C14H21N3O4/c1-21-14-10-12(9-13(11-14)17(19)20)16-4-2-3-15(5-6-16)7-8-18/h9-11,18H,2-8H2,1H3. The number of non-ortho nitro benzene ring substituents is 1. The summed E-state index contributed by atoms with van der Waals surface area (Å²) in [6, 6.07) is 4.85. The summed E-state index contributed by atoms with van der Waals surface area (Å²) in [6.07, 6.45) is 0.963. The van der Waals surface area contributed by atoms with Crippen LogP contribution >= 0.6 is 0 Å². The minimum atomic E-state index is -0.401. The van der Waals surface area contributed by atoms with Crippen LogP contribution in [0.3, 0.4) is 0 Å². The fraction of sp³-hybridized carbons (Fsp3) is 0.571. The van der Waals surface area contributed by atoms with Gasteiger partial charge in [-0.3, -0.25) is 15.0 Å². The average Bonchev–Trinajstić information content (AvgIpc) is 2.73. The Labute approximate surface area is 123 Å². The fourth-order valence-corrected chi connectivity index (χ4v) is 2.57. The monoisotopic (exact) mass is 295 g/mol. The topological polar surface area (TPSA) is 79.1 Å². The molecule has 0 aliphatic carbocycles. The zero-order valence-corrected chi connectivity index (χ0v) is 12.2. The number of ether oxygens (including phenoxy) is 1. The summed E-state index contributed by atoms with van der Waals surface area (Å²) in [6.45, 7) is 4.22. The zero-order valence-electron chi connectivity index (χ0n) is 12.2. The van der Waals surface area contributed by atoms with Crippen molar-refractivity contribution in [3.63, 3.8) is 0 Å². The van der Waals surface area contributed by atoms with Gasteiger partial charge in [0.15, 0.2) is 0 Å². The Bertz CT molecular complexity index is 495. The molecule has 0 amide bonds. The van der Waals surface area contributed by atoms with Crippen molar-refractivity contribution >= 4 is 11.4 Å². The van der Waals surface area contributed by atoms with Gasteiger partial charge in [-0.1, -0.05) is 0 Å². The molecule has 1 fully saturated rings. The molecule has 0 atom stereocenters. The molecule has 2 rings (SSSR count). The quantitative estimate of drug-likeness (QED) is 0.647. The molecular formula is C14H21N3O4. The summed E-state index contributed by atoms with van der Waals surface area (Å²) in [5.41, 5.74) is 0.854. The number of aliphatic hydroxyl groups is 1. The lowest BCUT2D eigenvalue weighted by Crippen LogP contribution is -2.32. The first-order chi connectivity index (χ1) is 10.1. The summed E-state index contributed by atoms with van der Waals surface area (Å²) < 4.78 is 5.15. The smallest absolute Gasteiger partial charge is 0.275 e. The number of β-amino-alcohol motifs (C(OH)–C–C–N with tert-alkyl or cyclic N) is 1. The van der Waals surface area contributed by atoms with E-state index in [2.05, 4.69) is 9.80 Å². The Balaban J connectivity index is 2.16. The predicted molar refractivity (Wildman–Crippen MR) is 80.0 cm³/mol. The second kappa shape index (κ2) is 7.24. The average molecular weight is 295 g/mol. The predicted octanol–water partition coefficient (Wildman–Crippen LogP) is 1.11. The van der Waals surface area contributed by atoms with E-state index < -0.39 is 4.92 Å². The van der Waals surface area contributed by atoms with Crippen molar-refractivity contribution in [3.05, 3.63) is 28.3 Å². The van der Waals surface area contributed by atoms with Gasteiger partial charge in [0.2, 0.25) is 0 Å². The van der Waals surface area contributed by atoms with E-state index in [4.69, 9.17) is 9.84 Å². The molecule has 1 aromatic carbocycles. The molecule has 1 N–H and O–H groups in total. The Kier molecular flexibility index (Phi) is 5.35. The van der Waals surface area contributed by atoms with E-state index in [1.54, 1.807) is 6.07 Å². The van der Waals surface area contributed by atoms with Crippen LogP contribution in [0.15, 0.2) is 18.2 Å². The molecule has 1 aliphatic rings. The highest BCUT2D eigenvalue weighted by Crippen LogP contribution is 2.28. The minimum Gasteiger partial charge on any atom is -0.496 e. The number of methoxy groups -OCH3 is 1. The van der Waals surface area contributed by atoms with Gasteiger partial charge < -0.3 is 14.7 Å². The fourth-order valence-electron chi connectivity index (χ4n) is 2.57. The number of anilines is 1. The second-order valence-electron chi connectivity index (χ2n) is 5.05. The largest absolute Gasteiger partial charge is 0.496 e. The van der Waals surface area contributed by atoms with Crippen molar-refractivity contribution in [3.8, 4) is 5.75 Å². The molecule has 7 nitrogen and oxygen atoms in total. The van der Waals surface area contributed by atoms with Crippen molar-refractivity contribution in [1.82, 2.24) is 4.90 Å². The van der Waals surface area contributed by atoms with Crippen LogP contribution in [0.25, 0.3) is 0 Å². The lowest BCUT2D eigenvalue weighted by atomic mass is 10.2. The molecule has 0 spiro atoms. The highest BCUT2D eigenvalue weighted by molar-refractivity contribution is 5.58. The van der Waals surface area contributed by atoms with Crippen LogP contribution in [0.1, 0.15) is 6.42 Å². The van der Waals surface area contributed by atoms with E-state index in [0.717, 1.165) is 38.3 Å². The number of rotatable bonds is 5. The van der Waals surface area contributed by atoms with Crippen LogP contribution in [0, 0.1) is 10.1 Å². The third-order valence-corrected chi connectivity index (χ3v) is 3.69.